The van der Waals surface area contributed by atoms with Crippen LogP contribution < -0.4 is 15.5 Å². The molecule has 162 valence electrons. The van der Waals surface area contributed by atoms with Gasteiger partial charge in [-0.25, -0.2) is 0 Å². The first-order chi connectivity index (χ1) is 15.0. The summed E-state index contributed by atoms with van der Waals surface area (Å²) in [6.45, 7) is 2.50. The minimum atomic E-state index is -0.186. The van der Waals surface area contributed by atoms with Crippen molar-refractivity contribution < 1.29 is 14.4 Å². The summed E-state index contributed by atoms with van der Waals surface area (Å²) >= 11 is 0. The summed E-state index contributed by atoms with van der Waals surface area (Å²) in [4.78, 5) is 43.1. The molecule has 0 aromatic heterocycles. The second kappa shape index (κ2) is 8.87. The van der Waals surface area contributed by atoms with Crippen LogP contribution in [-0.2, 0) is 9.59 Å². The van der Waals surface area contributed by atoms with Crippen LogP contribution in [0.4, 0.5) is 11.4 Å². The molecule has 4 rings (SSSR count). The molecule has 0 spiro atoms. The molecule has 1 fully saturated rings. The molecule has 0 unspecified atom stereocenters. The minimum Gasteiger partial charge on any atom is -0.355 e. The van der Waals surface area contributed by atoms with E-state index in [0.29, 0.717) is 17.8 Å². The molecule has 1 saturated heterocycles. The largest absolute Gasteiger partial charge is 0.355 e. The number of anilines is 2. The molecule has 2 N–H and O–H groups in total. The van der Waals surface area contributed by atoms with Crippen molar-refractivity contribution in [3.8, 4) is 0 Å². The summed E-state index contributed by atoms with van der Waals surface area (Å²) in [5, 5.41) is 5.48. The maximum atomic E-state index is 13.1. The van der Waals surface area contributed by atoms with E-state index >= 15 is 0 Å². The SMILES string of the molecule is CNC(=O)c1cccc([C@@H]2CN(CC(=O)N3CC(=O)Nc4ccccc43)CCN2C)c1. The van der Waals surface area contributed by atoms with Crippen LogP contribution in [0.2, 0.25) is 0 Å². The molecule has 0 aliphatic carbocycles. The molecule has 0 bridgehead atoms. The number of para-hydroxylation sites is 2. The number of hydrogen-bond acceptors (Lipinski definition) is 5. The van der Waals surface area contributed by atoms with Gasteiger partial charge >= 0.3 is 0 Å². The van der Waals surface area contributed by atoms with Gasteiger partial charge in [0.25, 0.3) is 5.91 Å². The quantitative estimate of drug-likeness (QED) is 0.778. The summed E-state index contributed by atoms with van der Waals surface area (Å²) in [7, 11) is 3.68. The highest BCUT2D eigenvalue weighted by Crippen LogP contribution is 2.30. The zero-order chi connectivity index (χ0) is 22.0. The molecule has 2 aromatic carbocycles. The molecule has 2 heterocycles. The summed E-state index contributed by atoms with van der Waals surface area (Å²) in [6.07, 6.45) is 0. The number of benzene rings is 2. The van der Waals surface area contributed by atoms with Gasteiger partial charge in [-0.05, 0) is 36.9 Å². The zero-order valence-electron chi connectivity index (χ0n) is 17.8. The molecule has 1 atom stereocenters. The van der Waals surface area contributed by atoms with E-state index in [4.69, 9.17) is 0 Å². The van der Waals surface area contributed by atoms with Crippen LogP contribution in [0.5, 0.6) is 0 Å². The normalized spacial score (nSPS) is 19.5. The predicted octanol–water partition coefficient (Wildman–Crippen LogP) is 1.32. The third-order valence-corrected chi connectivity index (χ3v) is 5.92. The number of rotatable bonds is 4. The Bertz CT molecular complexity index is 1010. The highest BCUT2D eigenvalue weighted by molar-refractivity contribution is 6.10. The van der Waals surface area contributed by atoms with Gasteiger partial charge in [0.05, 0.1) is 17.9 Å². The minimum absolute atomic E-state index is 0.0290. The van der Waals surface area contributed by atoms with Gasteiger partial charge in [-0.1, -0.05) is 24.3 Å². The Hall–Kier alpha value is -3.23. The van der Waals surface area contributed by atoms with Crippen LogP contribution in [0.3, 0.4) is 0 Å². The van der Waals surface area contributed by atoms with Crippen molar-refractivity contribution >= 4 is 29.1 Å². The van der Waals surface area contributed by atoms with E-state index in [1.165, 1.54) is 0 Å². The summed E-state index contributed by atoms with van der Waals surface area (Å²) in [5.41, 5.74) is 3.06. The highest BCUT2D eigenvalue weighted by Gasteiger charge is 2.31. The number of hydrogen-bond donors (Lipinski definition) is 2. The first-order valence-corrected chi connectivity index (χ1v) is 10.4. The fourth-order valence-corrected chi connectivity index (χ4v) is 4.20. The molecule has 0 radical (unpaired) electrons. The van der Waals surface area contributed by atoms with Gasteiger partial charge in [-0.2, -0.15) is 0 Å². The number of carbonyl (C=O) groups excluding carboxylic acids is 3. The third kappa shape index (κ3) is 4.45. The molecule has 2 aliphatic heterocycles. The Morgan fingerprint density at radius 3 is 2.74 bits per heavy atom. The van der Waals surface area contributed by atoms with Crippen molar-refractivity contribution in [3.05, 3.63) is 59.7 Å². The summed E-state index contributed by atoms with van der Waals surface area (Å²) in [6, 6.07) is 15.0. The lowest BCUT2D eigenvalue weighted by Crippen LogP contribution is -2.52. The molecule has 8 nitrogen and oxygen atoms in total. The van der Waals surface area contributed by atoms with Gasteiger partial charge in [0.15, 0.2) is 0 Å². The molecule has 8 heteroatoms. The third-order valence-electron chi connectivity index (χ3n) is 5.92. The number of carbonyl (C=O) groups is 3. The Labute approximate surface area is 181 Å². The molecular formula is C23H27N5O3. The number of amides is 3. The number of nitrogens with zero attached hydrogens (tertiary/aromatic N) is 3. The lowest BCUT2D eigenvalue weighted by Gasteiger charge is -2.40. The molecule has 2 aromatic rings. The van der Waals surface area contributed by atoms with Crippen LogP contribution in [0.25, 0.3) is 0 Å². The first kappa shape index (κ1) is 21.0. The second-order valence-electron chi connectivity index (χ2n) is 7.98. The standard InChI is InChI=1S/C23H27N5O3/c1-24-23(31)17-7-5-6-16(12-17)20-13-27(11-10-26(20)2)15-22(30)28-14-21(29)25-18-8-3-4-9-19(18)28/h3-9,12,20H,10-11,13-15H2,1-2H3,(H,24,31)(H,25,29)/t20-/m0/s1. The second-order valence-corrected chi connectivity index (χ2v) is 7.98. The smallest absolute Gasteiger partial charge is 0.251 e. The van der Waals surface area contributed by atoms with E-state index in [2.05, 4.69) is 27.5 Å². The molecule has 2 aliphatic rings. The first-order valence-electron chi connectivity index (χ1n) is 10.4. The van der Waals surface area contributed by atoms with Gasteiger partial charge in [0.1, 0.15) is 6.54 Å². The van der Waals surface area contributed by atoms with Crippen LogP contribution in [0.1, 0.15) is 22.0 Å². The van der Waals surface area contributed by atoms with E-state index in [-0.39, 0.29) is 36.9 Å². The fraction of sp³-hybridized carbons (Fsp3) is 0.348. The van der Waals surface area contributed by atoms with Crippen LogP contribution in [0, 0.1) is 0 Å². The lowest BCUT2D eigenvalue weighted by molar-refractivity contribution is -0.123. The van der Waals surface area contributed by atoms with E-state index in [9.17, 15) is 14.4 Å². The lowest BCUT2D eigenvalue weighted by atomic mass is 10.00. The number of piperazine rings is 1. The predicted molar refractivity (Wildman–Crippen MR) is 119 cm³/mol. The van der Waals surface area contributed by atoms with Crippen LogP contribution in [-0.4, -0.2) is 74.3 Å². The van der Waals surface area contributed by atoms with Crippen LogP contribution >= 0.6 is 0 Å². The van der Waals surface area contributed by atoms with E-state index in [1.807, 2.05) is 36.4 Å². The van der Waals surface area contributed by atoms with E-state index < -0.39 is 0 Å². The van der Waals surface area contributed by atoms with Crippen molar-refractivity contribution in [2.45, 2.75) is 6.04 Å². The number of likely N-dealkylation sites (N-methyl/N-ethyl adjacent to an activating group) is 1. The monoisotopic (exact) mass is 421 g/mol. The van der Waals surface area contributed by atoms with Gasteiger partial charge in [-0.3, -0.25) is 29.1 Å². The van der Waals surface area contributed by atoms with Crippen molar-refractivity contribution in [1.82, 2.24) is 15.1 Å². The van der Waals surface area contributed by atoms with Crippen molar-refractivity contribution in [1.29, 1.82) is 0 Å². The molecular weight excluding hydrogens is 394 g/mol. The van der Waals surface area contributed by atoms with Crippen molar-refractivity contribution in [2.24, 2.45) is 0 Å². The number of nitrogens with one attached hydrogen (secondary N) is 2. The van der Waals surface area contributed by atoms with Gasteiger partial charge < -0.3 is 10.6 Å². The Morgan fingerprint density at radius 2 is 1.94 bits per heavy atom. The summed E-state index contributed by atoms with van der Waals surface area (Å²) in [5.74, 6) is -0.395. The maximum Gasteiger partial charge on any atom is 0.251 e. The Kier molecular flexibility index (Phi) is 6.01. The number of fused-ring (bicyclic) bond motifs is 1. The van der Waals surface area contributed by atoms with Crippen molar-refractivity contribution in [3.63, 3.8) is 0 Å². The maximum absolute atomic E-state index is 13.1. The fourth-order valence-electron chi connectivity index (χ4n) is 4.20. The highest BCUT2D eigenvalue weighted by atomic mass is 16.2. The van der Waals surface area contributed by atoms with E-state index in [1.54, 1.807) is 24.1 Å². The van der Waals surface area contributed by atoms with Crippen molar-refractivity contribution in [2.75, 3.05) is 57.0 Å². The summed E-state index contributed by atoms with van der Waals surface area (Å²) < 4.78 is 0. The van der Waals surface area contributed by atoms with Gasteiger partial charge in [-0.15, -0.1) is 0 Å². The molecule has 3 amide bonds. The topological polar surface area (TPSA) is 85.0 Å². The van der Waals surface area contributed by atoms with Crippen LogP contribution in [0.15, 0.2) is 48.5 Å². The zero-order valence-corrected chi connectivity index (χ0v) is 17.8. The van der Waals surface area contributed by atoms with E-state index in [0.717, 1.165) is 24.3 Å². The molecule has 31 heavy (non-hydrogen) atoms. The Morgan fingerprint density at radius 1 is 1.13 bits per heavy atom. The Balaban J connectivity index is 1.49. The average Bonchev–Trinajstić information content (AvgIpc) is 2.79. The van der Waals surface area contributed by atoms with Gasteiger partial charge in [0.2, 0.25) is 11.8 Å². The average molecular weight is 422 g/mol. The molecule has 0 saturated carbocycles. The van der Waals surface area contributed by atoms with Gasteiger partial charge in [0, 0.05) is 38.3 Å².